The summed E-state index contributed by atoms with van der Waals surface area (Å²) in [5.74, 6) is 1.49. The number of alkyl halides is 1. The van der Waals surface area contributed by atoms with Gasteiger partial charge in [0.1, 0.15) is 0 Å². The second-order valence-electron chi connectivity index (χ2n) is 6.97. The molecule has 0 aromatic carbocycles. The van der Waals surface area contributed by atoms with Gasteiger partial charge in [0.25, 0.3) is 0 Å². The van der Waals surface area contributed by atoms with Crippen molar-refractivity contribution in [2.45, 2.75) is 103 Å². The SMILES string of the molecule is Br.CCCCCCCCC(CCCCCCCl)C(C)(C)N. The number of unbranched alkanes of at least 4 members (excludes halogenated alkanes) is 8. The first-order valence-corrected chi connectivity index (χ1v) is 9.40. The maximum Gasteiger partial charge on any atom is 0.0223 e. The molecule has 1 atom stereocenters. The molecule has 0 aliphatic heterocycles. The molecule has 21 heavy (non-hydrogen) atoms. The van der Waals surface area contributed by atoms with E-state index in [0.717, 1.165) is 12.3 Å². The van der Waals surface area contributed by atoms with Crippen molar-refractivity contribution in [3.63, 3.8) is 0 Å². The van der Waals surface area contributed by atoms with E-state index >= 15 is 0 Å². The summed E-state index contributed by atoms with van der Waals surface area (Å²) in [5.41, 5.74) is 6.34. The quantitative estimate of drug-likeness (QED) is 0.257. The molecule has 0 saturated heterocycles. The van der Waals surface area contributed by atoms with E-state index in [9.17, 15) is 0 Å². The zero-order chi connectivity index (χ0) is 15.3. The van der Waals surface area contributed by atoms with Crippen molar-refractivity contribution in [3.05, 3.63) is 0 Å². The van der Waals surface area contributed by atoms with Crippen molar-refractivity contribution in [2.75, 3.05) is 5.88 Å². The Morgan fingerprint density at radius 1 is 0.810 bits per heavy atom. The van der Waals surface area contributed by atoms with Gasteiger partial charge in [-0.15, -0.1) is 28.6 Å². The molecule has 3 heteroatoms. The van der Waals surface area contributed by atoms with Gasteiger partial charge >= 0.3 is 0 Å². The van der Waals surface area contributed by atoms with Gasteiger partial charge in [0, 0.05) is 11.4 Å². The van der Waals surface area contributed by atoms with Gasteiger partial charge in [-0.25, -0.2) is 0 Å². The molecule has 0 amide bonds. The third-order valence-corrected chi connectivity index (χ3v) is 4.66. The van der Waals surface area contributed by atoms with Crippen LogP contribution < -0.4 is 5.73 Å². The van der Waals surface area contributed by atoms with Crippen LogP contribution in [0.5, 0.6) is 0 Å². The Morgan fingerprint density at radius 2 is 1.24 bits per heavy atom. The second-order valence-corrected chi connectivity index (χ2v) is 7.34. The van der Waals surface area contributed by atoms with Crippen LogP contribution in [0, 0.1) is 5.92 Å². The molecule has 0 bridgehead atoms. The highest BCUT2D eigenvalue weighted by Gasteiger charge is 2.23. The maximum absolute atomic E-state index is 6.36. The fraction of sp³-hybridized carbons (Fsp3) is 1.00. The van der Waals surface area contributed by atoms with Crippen molar-refractivity contribution in [3.8, 4) is 0 Å². The van der Waals surface area contributed by atoms with Crippen LogP contribution in [-0.4, -0.2) is 11.4 Å². The molecule has 0 aliphatic carbocycles. The summed E-state index contributed by atoms with van der Waals surface area (Å²) in [4.78, 5) is 0. The molecular weight excluding hydrogens is 346 g/mol. The fourth-order valence-corrected chi connectivity index (χ4v) is 3.09. The lowest BCUT2D eigenvalue weighted by molar-refractivity contribution is 0.267. The van der Waals surface area contributed by atoms with Crippen LogP contribution in [0.1, 0.15) is 97.8 Å². The number of hydrogen-bond donors (Lipinski definition) is 1. The molecule has 130 valence electrons. The predicted molar refractivity (Wildman–Crippen MR) is 104 cm³/mol. The van der Waals surface area contributed by atoms with Gasteiger partial charge in [0.15, 0.2) is 0 Å². The first kappa shape index (κ1) is 24.0. The van der Waals surface area contributed by atoms with Gasteiger partial charge in [-0.1, -0.05) is 64.7 Å². The van der Waals surface area contributed by atoms with E-state index in [1.807, 2.05) is 0 Å². The topological polar surface area (TPSA) is 26.0 Å². The lowest BCUT2D eigenvalue weighted by atomic mass is 9.80. The highest BCUT2D eigenvalue weighted by Crippen LogP contribution is 2.27. The third kappa shape index (κ3) is 15.4. The van der Waals surface area contributed by atoms with E-state index in [1.165, 1.54) is 70.6 Å². The predicted octanol–water partition coefficient (Wildman–Crippen LogP) is 6.86. The minimum Gasteiger partial charge on any atom is -0.325 e. The Hall–Kier alpha value is 0.730. The van der Waals surface area contributed by atoms with Crippen LogP contribution in [0.2, 0.25) is 0 Å². The first-order chi connectivity index (χ1) is 9.52. The average Bonchev–Trinajstić information content (AvgIpc) is 2.38. The van der Waals surface area contributed by atoms with E-state index in [2.05, 4.69) is 20.8 Å². The van der Waals surface area contributed by atoms with E-state index in [0.29, 0.717) is 5.92 Å². The van der Waals surface area contributed by atoms with E-state index in [-0.39, 0.29) is 22.5 Å². The van der Waals surface area contributed by atoms with E-state index in [4.69, 9.17) is 17.3 Å². The van der Waals surface area contributed by atoms with Crippen LogP contribution >= 0.6 is 28.6 Å². The van der Waals surface area contributed by atoms with Crippen LogP contribution in [0.15, 0.2) is 0 Å². The zero-order valence-corrected chi connectivity index (χ0v) is 17.1. The number of rotatable bonds is 14. The molecule has 1 nitrogen and oxygen atoms in total. The largest absolute Gasteiger partial charge is 0.325 e. The normalized spacial score (nSPS) is 13.0. The van der Waals surface area contributed by atoms with Gasteiger partial charge in [-0.3, -0.25) is 0 Å². The summed E-state index contributed by atoms with van der Waals surface area (Å²) in [6, 6.07) is 0. The minimum absolute atomic E-state index is 0. The van der Waals surface area contributed by atoms with Gasteiger partial charge < -0.3 is 5.73 Å². The summed E-state index contributed by atoms with van der Waals surface area (Å²) in [7, 11) is 0. The van der Waals surface area contributed by atoms with Crippen LogP contribution in [-0.2, 0) is 0 Å². The Morgan fingerprint density at radius 3 is 1.67 bits per heavy atom. The van der Waals surface area contributed by atoms with Crippen molar-refractivity contribution in [2.24, 2.45) is 11.7 Å². The molecule has 0 aromatic heterocycles. The number of hydrogen-bond acceptors (Lipinski definition) is 1. The van der Waals surface area contributed by atoms with E-state index in [1.54, 1.807) is 0 Å². The highest BCUT2D eigenvalue weighted by molar-refractivity contribution is 8.93. The van der Waals surface area contributed by atoms with Crippen molar-refractivity contribution < 1.29 is 0 Å². The molecule has 0 heterocycles. The Bertz CT molecular complexity index is 204. The molecule has 0 radical (unpaired) electrons. The van der Waals surface area contributed by atoms with Crippen molar-refractivity contribution in [1.82, 2.24) is 0 Å². The molecule has 2 N–H and O–H groups in total. The van der Waals surface area contributed by atoms with Crippen molar-refractivity contribution >= 4 is 28.6 Å². The van der Waals surface area contributed by atoms with Gasteiger partial charge in [-0.05, 0) is 39.0 Å². The number of nitrogens with two attached hydrogens (primary N) is 1. The second kappa shape index (κ2) is 15.6. The number of halogens is 2. The van der Waals surface area contributed by atoms with E-state index < -0.39 is 0 Å². The van der Waals surface area contributed by atoms with Gasteiger partial charge in [0.2, 0.25) is 0 Å². The summed E-state index contributed by atoms with van der Waals surface area (Å²) in [5, 5.41) is 0. The lowest BCUT2D eigenvalue weighted by Crippen LogP contribution is -2.40. The van der Waals surface area contributed by atoms with Crippen LogP contribution in [0.4, 0.5) is 0 Å². The third-order valence-electron chi connectivity index (χ3n) is 4.39. The van der Waals surface area contributed by atoms with Gasteiger partial charge in [0.05, 0.1) is 0 Å². The molecule has 0 aliphatic rings. The molecule has 0 spiro atoms. The smallest absolute Gasteiger partial charge is 0.0223 e. The zero-order valence-electron chi connectivity index (χ0n) is 14.6. The summed E-state index contributed by atoms with van der Waals surface area (Å²) in [6.07, 6.45) is 16.0. The Labute approximate surface area is 149 Å². The molecular formula is C18H39BrClN. The molecule has 0 rings (SSSR count). The molecule has 0 fully saturated rings. The fourth-order valence-electron chi connectivity index (χ4n) is 2.90. The van der Waals surface area contributed by atoms with Crippen LogP contribution in [0.25, 0.3) is 0 Å². The Balaban J connectivity index is 0. The molecule has 1 unspecified atom stereocenters. The minimum atomic E-state index is -0.0180. The molecule has 0 aromatic rings. The molecule has 0 saturated carbocycles. The first-order valence-electron chi connectivity index (χ1n) is 8.87. The average molecular weight is 385 g/mol. The summed E-state index contributed by atoms with van der Waals surface area (Å²) < 4.78 is 0. The maximum atomic E-state index is 6.36. The lowest BCUT2D eigenvalue weighted by Gasteiger charge is -2.31. The Kier molecular flexibility index (Phi) is 17.8. The van der Waals surface area contributed by atoms with Crippen LogP contribution in [0.3, 0.4) is 0 Å². The highest BCUT2D eigenvalue weighted by atomic mass is 79.9. The van der Waals surface area contributed by atoms with Gasteiger partial charge in [-0.2, -0.15) is 0 Å². The monoisotopic (exact) mass is 383 g/mol. The standard InChI is InChI=1S/C18H38ClN.BrH/c1-4-5-6-7-8-11-14-17(18(2,3)20)15-12-9-10-13-16-19;/h17H,4-16,20H2,1-3H3;1H. The van der Waals surface area contributed by atoms with Crippen molar-refractivity contribution in [1.29, 1.82) is 0 Å². The summed E-state index contributed by atoms with van der Waals surface area (Å²) >= 11 is 5.72. The summed E-state index contributed by atoms with van der Waals surface area (Å²) in [6.45, 7) is 6.68.